The van der Waals surface area contributed by atoms with Crippen molar-refractivity contribution in [2.75, 3.05) is 6.54 Å². The first-order chi connectivity index (χ1) is 17.3. The number of fused-ring (bicyclic) bond motifs is 1. The highest BCUT2D eigenvalue weighted by molar-refractivity contribution is 6.35. The molecule has 1 unspecified atom stereocenters. The van der Waals surface area contributed by atoms with Gasteiger partial charge in [-0.2, -0.15) is 0 Å². The fourth-order valence-corrected chi connectivity index (χ4v) is 4.91. The predicted octanol–water partition coefficient (Wildman–Crippen LogP) is 6.70. The van der Waals surface area contributed by atoms with Crippen molar-refractivity contribution in [2.45, 2.75) is 39.3 Å². The van der Waals surface area contributed by atoms with Crippen molar-refractivity contribution in [3.8, 4) is 0 Å². The molecule has 1 heterocycles. The molecule has 1 amide bonds. The summed E-state index contributed by atoms with van der Waals surface area (Å²) in [7, 11) is 0. The van der Waals surface area contributed by atoms with E-state index in [4.69, 9.17) is 28.2 Å². The molecule has 0 radical (unpaired) electrons. The van der Waals surface area contributed by atoms with E-state index in [0.29, 0.717) is 58.3 Å². The van der Waals surface area contributed by atoms with E-state index in [2.05, 4.69) is 0 Å². The summed E-state index contributed by atoms with van der Waals surface area (Å²) in [5, 5.41) is 1.57. The zero-order valence-electron chi connectivity index (χ0n) is 20.0. The lowest BCUT2D eigenvalue weighted by molar-refractivity contribution is 0.0659. The van der Waals surface area contributed by atoms with Gasteiger partial charge in [-0.3, -0.25) is 14.2 Å². The molecular weight excluding hydrogens is 500 g/mol. The van der Waals surface area contributed by atoms with E-state index in [-0.39, 0.29) is 11.5 Å². The number of rotatable bonds is 8. The molecule has 0 saturated carbocycles. The zero-order chi connectivity index (χ0) is 25.8. The van der Waals surface area contributed by atoms with E-state index < -0.39 is 11.9 Å². The average molecular weight is 526 g/mol. The molecule has 5 nitrogen and oxygen atoms in total. The molecule has 1 atom stereocenters. The third-order valence-corrected chi connectivity index (χ3v) is 6.84. The molecule has 1 aromatic heterocycles. The molecule has 0 bridgehead atoms. The van der Waals surface area contributed by atoms with Crippen molar-refractivity contribution in [3.63, 3.8) is 0 Å². The number of hydrogen-bond acceptors (Lipinski definition) is 3. The number of benzene rings is 3. The molecule has 0 saturated heterocycles. The number of carbonyl (C=O) groups excluding carboxylic acids is 1. The van der Waals surface area contributed by atoms with Gasteiger partial charge in [-0.25, -0.2) is 9.37 Å². The average Bonchev–Trinajstić information content (AvgIpc) is 2.87. The van der Waals surface area contributed by atoms with E-state index in [0.717, 1.165) is 5.56 Å². The van der Waals surface area contributed by atoms with Crippen molar-refractivity contribution in [1.29, 1.82) is 0 Å². The van der Waals surface area contributed by atoms with Gasteiger partial charge in [0.05, 0.1) is 16.9 Å². The second kappa shape index (κ2) is 11.2. The monoisotopic (exact) mass is 525 g/mol. The van der Waals surface area contributed by atoms with Crippen molar-refractivity contribution < 1.29 is 9.18 Å². The molecule has 0 N–H and O–H groups in total. The summed E-state index contributed by atoms with van der Waals surface area (Å²) < 4.78 is 15.2. The smallest absolute Gasteiger partial charge is 0.261 e. The third kappa shape index (κ3) is 5.30. The highest BCUT2D eigenvalue weighted by Gasteiger charge is 2.29. The van der Waals surface area contributed by atoms with Crippen LogP contribution in [0.5, 0.6) is 0 Å². The van der Waals surface area contributed by atoms with Crippen LogP contribution in [0.25, 0.3) is 10.9 Å². The molecule has 8 heteroatoms. The Labute approximate surface area is 219 Å². The second-order valence-electron chi connectivity index (χ2n) is 8.45. The Kier molecular flexibility index (Phi) is 8.07. The summed E-state index contributed by atoms with van der Waals surface area (Å²) >= 11 is 12.5. The Morgan fingerprint density at radius 1 is 1.06 bits per heavy atom. The lowest BCUT2D eigenvalue weighted by Gasteiger charge is -2.32. The van der Waals surface area contributed by atoms with Crippen molar-refractivity contribution in [1.82, 2.24) is 14.5 Å². The summed E-state index contributed by atoms with van der Waals surface area (Å²) in [6.07, 6.45) is 0.982. The summed E-state index contributed by atoms with van der Waals surface area (Å²) in [6, 6.07) is 17.4. The quantitative estimate of drug-likeness (QED) is 0.257. The van der Waals surface area contributed by atoms with Crippen LogP contribution >= 0.6 is 23.2 Å². The van der Waals surface area contributed by atoms with Gasteiger partial charge in [0, 0.05) is 28.7 Å². The largest absolute Gasteiger partial charge is 0.328 e. The summed E-state index contributed by atoms with van der Waals surface area (Å²) in [6.45, 7) is 4.55. The van der Waals surface area contributed by atoms with E-state index in [1.165, 1.54) is 24.3 Å². The number of halogens is 3. The highest BCUT2D eigenvalue weighted by Crippen LogP contribution is 2.28. The first kappa shape index (κ1) is 25.9. The van der Waals surface area contributed by atoms with Crippen LogP contribution in [0, 0.1) is 5.82 Å². The van der Waals surface area contributed by atoms with Crippen LogP contribution in [-0.2, 0) is 13.0 Å². The van der Waals surface area contributed by atoms with E-state index in [1.54, 1.807) is 33.7 Å². The van der Waals surface area contributed by atoms with Crippen molar-refractivity contribution >= 4 is 40.0 Å². The minimum absolute atomic E-state index is 0.147. The number of amides is 1. The number of nitrogens with zero attached hydrogens (tertiary/aromatic N) is 3. The molecule has 0 aliphatic heterocycles. The second-order valence-corrected chi connectivity index (χ2v) is 9.30. The van der Waals surface area contributed by atoms with Gasteiger partial charge in [0.1, 0.15) is 11.6 Å². The maximum atomic E-state index is 13.8. The van der Waals surface area contributed by atoms with E-state index in [1.807, 2.05) is 32.0 Å². The SMILES string of the molecule is CCC(c1nc2ccccc2c(=O)n1CC)N(CCc1ccc(Cl)cc1Cl)C(=O)c1ccc(F)cc1. The summed E-state index contributed by atoms with van der Waals surface area (Å²) in [5.41, 5.74) is 1.62. The standard InChI is InChI=1S/C28H26Cl2FN3O2/c1-3-25(26-32-24-8-6-5-7-22(24)28(36)33(26)4-2)34(27(35)19-10-13-21(31)14-11-19)16-15-18-9-12-20(29)17-23(18)30/h5-14,17,25H,3-4,15-16H2,1-2H3. The molecule has 36 heavy (non-hydrogen) atoms. The van der Waals surface area contributed by atoms with Crippen LogP contribution in [0.2, 0.25) is 10.0 Å². The van der Waals surface area contributed by atoms with Gasteiger partial charge in [-0.15, -0.1) is 0 Å². The third-order valence-electron chi connectivity index (χ3n) is 6.26. The van der Waals surface area contributed by atoms with Gasteiger partial charge >= 0.3 is 0 Å². The molecule has 3 aromatic carbocycles. The maximum Gasteiger partial charge on any atom is 0.261 e. The van der Waals surface area contributed by atoms with Crippen LogP contribution < -0.4 is 5.56 Å². The van der Waals surface area contributed by atoms with Gasteiger partial charge in [0.2, 0.25) is 0 Å². The molecule has 4 aromatic rings. The minimum Gasteiger partial charge on any atom is -0.328 e. The molecular formula is C28H26Cl2FN3O2. The number of aromatic nitrogens is 2. The predicted molar refractivity (Wildman–Crippen MR) is 142 cm³/mol. The van der Waals surface area contributed by atoms with Crippen LogP contribution in [-0.4, -0.2) is 26.9 Å². The first-order valence-electron chi connectivity index (χ1n) is 11.8. The van der Waals surface area contributed by atoms with Gasteiger partial charge in [-0.05, 0) is 73.9 Å². The first-order valence-corrected chi connectivity index (χ1v) is 12.6. The van der Waals surface area contributed by atoms with Crippen molar-refractivity contribution in [2.24, 2.45) is 0 Å². The highest BCUT2D eigenvalue weighted by atomic mass is 35.5. The van der Waals surface area contributed by atoms with Crippen LogP contribution in [0.4, 0.5) is 4.39 Å². The van der Waals surface area contributed by atoms with Gasteiger partial charge < -0.3 is 4.90 Å². The maximum absolute atomic E-state index is 13.8. The topological polar surface area (TPSA) is 55.2 Å². The van der Waals surface area contributed by atoms with Crippen LogP contribution in [0.1, 0.15) is 48.1 Å². The Balaban J connectivity index is 1.81. The minimum atomic E-state index is -0.495. The number of hydrogen-bond donors (Lipinski definition) is 0. The zero-order valence-corrected chi connectivity index (χ0v) is 21.6. The fourth-order valence-electron chi connectivity index (χ4n) is 4.41. The van der Waals surface area contributed by atoms with E-state index in [9.17, 15) is 14.0 Å². The Morgan fingerprint density at radius 3 is 2.44 bits per heavy atom. The van der Waals surface area contributed by atoms with Gasteiger partial charge in [0.25, 0.3) is 11.5 Å². The van der Waals surface area contributed by atoms with Gasteiger partial charge in [0.15, 0.2) is 0 Å². The summed E-state index contributed by atoms with van der Waals surface area (Å²) in [4.78, 5) is 33.6. The molecule has 0 aliphatic rings. The molecule has 4 rings (SSSR count). The number of para-hydroxylation sites is 1. The Hall–Kier alpha value is -3.22. The lowest BCUT2D eigenvalue weighted by Crippen LogP contribution is -2.40. The Morgan fingerprint density at radius 2 is 1.78 bits per heavy atom. The fraction of sp³-hybridized carbons (Fsp3) is 0.250. The van der Waals surface area contributed by atoms with Crippen molar-refractivity contribution in [3.05, 3.63) is 110 Å². The van der Waals surface area contributed by atoms with Gasteiger partial charge in [-0.1, -0.05) is 48.3 Å². The normalized spacial score (nSPS) is 12.0. The molecule has 0 fully saturated rings. The summed E-state index contributed by atoms with van der Waals surface area (Å²) in [5.74, 6) is -0.188. The molecule has 0 aliphatic carbocycles. The lowest BCUT2D eigenvalue weighted by atomic mass is 10.1. The Bertz CT molecular complexity index is 1450. The van der Waals surface area contributed by atoms with Crippen LogP contribution in [0.15, 0.2) is 71.5 Å². The molecule has 0 spiro atoms. The van der Waals surface area contributed by atoms with Crippen LogP contribution in [0.3, 0.4) is 0 Å². The number of carbonyl (C=O) groups is 1. The van der Waals surface area contributed by atoms with E-state index >= 15 is 0 Å². The molecule has 186 valence electrons.